The number of nitrogens with one attached hydrogen (secondary N) is 1. The minimum Gasteiger partial charge on any atom is -0.435 e. The van der Waals surface area contributed by atoms with Gasteiger partial charge in [0.25, 0.3) is 0 Å². The Morgan fingerprint density at radius 3 is 2.44 bits per heavy atom. The van der Waals surface area contributed by atoms with Crippen molar-refractivity contribution in [1.82, 2.24) is 5.32 Å². The third kappa shape index (κ3) is 4.14. The first kappa shape index (κ1) is 12.9. The largest absolute Gasteiger partial charge is 0.435 e. The molecule has 0 spiro atoms. The van der Waals surface area contributed by atoms with Crippen molar-refractivity contribution in [2.45, 2.75) is 39.5 Å². The smallest absolute Gasteiger partial charge is 0.387 e. The second-order valence-electron chi connectivity index (χ2n) is 3.99. The lowest BCUT2D eigenvalue weighted by Gasteiger charge is -2.17. The third-order valence-corrected chi connectivity index (χ3v) is 2.17. The summed E-state index contributed by atoms with van der Waals surface area (Å²) in [6.45, 7) is 3.29. The number of ether oxygens (including phenoxy) is 1. The van der Waals surface area contributed by atoms with E-state index in [-0.39, 0.29) is 11.8 Å². The summed E-state index contributed by atoms with van der Waals surface area (Å²) in [4.78, 5) is 0. The highest BCUT2D eigenvalue weighted by molar-refractivity contribution is 5.30. The highest BCUT2D eigenvalue weighted by atomic mass is 19.3. The molecule has 0 saturated carbocycles. The van der Waals surface area contributed by atoms with Gasteiger partial charge in [-0.05, 0) is 24.6 Å². The zero-order valence-corrected chi connectivity index (χ0v) is 9.71. The van der Waals surface area contributed by atoms with E-state index in [9.17, 15) is 8.78 Å². The summed E-state index contributed by atoms with van der Waals surface area (Å²) in [6.07, 6.45) is 0. The molecule has 0 bridgehead atoms. The molecule has 0 aliphatic rings. The van der Waals surface area contributed by atoms with E-state index < -0.39 is 6.61 Å². The summed E-state index contributed by atoms with van der Waals surface area (Å²) < 4.78 is 28.4. The summed E-state index contributed by atoms with van der Waals surface area (Å²) in [5.41, 5.74) is 0.937. The van der Waals surface area contributed by atoms with Crippen LogP contribution in [0.2, 0.25) is 0 Å². The van der Waals surface area contributed by atoms with Crippen LogP contribution >= 0.6 is 0 Å². The summed E-state index contributed by atoms with van der Waals surface area (Å²) >= 11 is 0. The Hall–Kier alpha value is -1.16. The van der Waals surface area contributed by atoms with E-state index in [0.29, 0.717) is 6.04 Å². The number of hydrogen-bond acceptors (Lipinski definition) is 2. The third-order valence-electron chi connectivity index (χ3n) is 2.17. The van der Waals surface area contributed by atoms with E-state index in [4.69, 9.17) is 0 Å². The van der Waals surface area contributed by atoms with Crippen molar-refractivity contribution >= 4 is 0 Å². The minimum absolute atomic E-state index is 0.112. The van der Waals surface area contributed by atoms with Crippen LogP contribution in [0.15, 0.2) is 24.3 Å². The van der Waals surface area contributed by atoms with Crippen LogP contribution < -0.4 is 10.1 Å². The standard InChI is InChI=1S/C12H17F2NO/c1-8(2)15-9(3)10-5-4-6-11(7-10)16-12(13)14/h4-9,12,15H,1-3H3. The predicted molar refractivity (Wildman–Crippen MR) is 59.8 cm³/mol. The van der Waals surface area contributed by atoms with Gasteiger partial charge in [0, 0.05) is 12.1 Å². The Kier molecular flexibility index (Phi) is 4.68. The molecule has 0 fully saturated rings. The Bertz CT molecular complexity index is 329. The van der Waals surface area contributed by atoms with Gasteiger partial charge in [0.05, 0.1) is 0 Å². The maximum Gasteiger partial charge on any atom is 0.387 e. The summed E-state index contributed by atoms with van der Waals surface area (Å²) in [5, 5.41) is 3.30. The van der Waals surface area contributed by atoms with Crippen molar-refractivity contribution < 1.29 is 13.5 Å². The van der Waals surface area contributed by atoms with Crippen LogP contribution in [0, 0.1) is 0 Å². The van der Waals surface area contributed by atoms with E-state index in [1.54, 1.807) is 12.1 Å². The van der Waals surface area contributed by atoms with Gasteiger partial charge in [0.2, 0.25) is 0 Å². The number of alkyl halides is 2. The van der Waals surface area contributed by atoms with E-state index in [2.05, 4.69) is 10.1 Å². The molecule has 0 amide bonds. The van der Waals surface area contributed by atoms with Crippen molar-refractivity contribution in [2.75, 3.05) is 0 Å². The van der Waals surface area contributed by atoms with Crippen molar-refractivity contribution in [1.29, 1.82) is 0 Å². The van der Waals surface area contributed by atoms with E-state index in [0.717, 1.165) is 5.56 Å². The Morgan fingerprint density at radius 1 is 1.19 bits per heavy atom. The predicted octanol–water partition coefficient (Wildman–Crippen LogP) is 3.35. The van der Waals surface area contributed by atoms with Gasteiger partial charge in [-0.1, -0.05) is 26.0 Å². The fourth-order valence-corrected chi connectivity index (χ4v) is 1.56. The second kappa shape index (κ2) is 5.80. The van der Waals surface area contributed by atoms with Crippen LogP contribution in [0.25, 0.3) is 0 Å². The monoisotopic (exact) mass is 229 g/mol. The molecule has 1 aromatic carbocycles. The first-order valence-electron chi connectivity index (χ1n) is 5.30. The Labute approximate surface area is 94.6 Å². The van der Waals surface area contributed by atoms with Gasteiger partial charge in [0.1, 0.15) is 5.75 Å². The van der Waals surface area contributed by atoms with Crippen LogP contribution in [0.4, 0.5) is 8.78 Å². The molecule has 1 N–H and O–H groups in total. The molecular weight excluding hydrogens is 212 g/mol. The van der Waals surface area contributed by atoms with Crippen molar-refractivity contribution in [3.8, 4) is 5.75 Å². The zero-order valence-electron chi connectivity index (χ0n) is 9.71. The molecule has 0 heterocycles. The fraction of sp³-hybridized carbons (Fsp3) is 0.500. The van der Waals surface area contributed by atoms with Gasteiger partial charge in [-0.3, -0.25) is 0 Å². The molecule has 4 heteroatoms. The van der Waals surface area contributed by atoms with Gasteiger partial charge < -0.3 is 10.1 Å². The highest BCUT2D eigenvalue weighted by Crippen LogP contribution is 2.20. The molecule has 1 unspecified atom stereocenters. The molecule has 16 heavy (non-hydrogen) atoms. The van der Waals surface area contributed by atoms with Gasteiger partial charge >= 0.3 is 6.61 Å². The lowest BCUT2D eigenvalue weighted by molar-refractivity contribution is -0.0499. The molecule has 0 aliphatic carbocycles. The quantitative estimate of drug-likeness (QED) is 0.836. The summed E-state index contributed by atoms with van der Waals surface area (Å²) in [6, 6.07) is 7.21. The maximum atomic E-state index is 12.0. The molecule has 1 atom stereocenters. The zero-order chi connectivity index (χ0) is 12.1. The fourth-order valence-electron chi connectivity index (χ4n) is 1.56. The molecule has 1 aromatic rings. The number of halogens is 2. The summed E-state index contributed by atoms with van der Waals surface area (Å²) in [5.74, 6) is 0.199. The van der Waals surface area contributed by atoms with E-state index >= 15 is 0 Å². The molecule has 1 rings (SSSR count). The maximum absolute atomic E-state index is 12.0. The molecule has 0 radical (unpaired) electrons. The van der Waals surface area contributed by atoms with Crippen molar-refractivity contribution in [3.63, 3.8) is 0 Å². The van der Waals surface area contributed by atoms with Crippen LogP contribution in [-0.2, 0) is 0 Å². The van der Waals surface area contributed by atoms with Gasteiger partial charge in [-0.15, -0.1) is 0 Å². The van der Waals surface area contributed by atoms with Crippen LogP contribution in [0.5, 0.6) is 5.75 Å². The number of hydrogen-bond donors (Lipinski definition) is 1. The minimum atomic E-state index is -2.77. The molecule has 0 aliphatic heterocycles. The average molecular weight is 229 g/mol. The van der Waals surface area contributed by atoms with Crippen molar-refractivity contribution in [3.05, 3.63) is 29.8 Å². The molecule has 90 valence electrons. The highest BCUT2D eigenvalue weighted by Gasteiger charge is 2.09. The second-order valence-corrected chi connectivity index (χ2v) is 3.99. The van der Waals surface area contributed by atoms with Gasteiger partial charge in [-0.25, -0.2) is 0 Å². The molecule has 2 nitrogen and oxygen atoms in total. The Morgan fingerprint density at radius 2 is 1.88 bits per heavy atom. The number of rotatable bonds is 5. The Balaban J connectivity index is 2.73. The van der Waals surface area contributed by atoms with Crippen LogP contribution in [0.1, 0.15) is 32.4 Å². The average Bonchev–Trinajstić information content (AvgIpc) is 2.16. The van der Waals surface area contributed by atoms with E-state index in [1.807, 2.05) is 26.8 Å². The molecule has 0 saturated heterocycles. The SMILES string of the molecule is CC(C)NC(C)c1cccc(OC(F)F)c1. The lowest BCUT2D eigenvalue weighted by atomic mass is 10.1. The van der Waals surface area contributed by atoms with E-state index in [1.165, 1.54) is 6.07 Å². The van der Waals surface area contributed by atoms with Gasteiger partial charge in [0.15, 0.2) is 0 Å². The van der Waals surface area contributed by atoms with Crippen LogP contribution in [0.3, 0.4) is 0 Å². The van der Waals surface area contributed by atoms with Crippen LogP contribution in [-0.4, -0.2) is 12.7 Å². The molecule has 0 aromatic heterocycles. The summed E-state index contributed by atoms with van der Waals surface area (Å²) in [7, 11) is 0. The van der Waals surface area contributed by atoms with Crippen molar-refractivity contribution in [2.24, 2.45) is 0 Å². The number of benzene rings is 1. The molecular formula is C12H17F2NO. The normalized spacial score (nSPS) is 13.2. The topological polar surface area (TPSA) is 21.3 Å². The van der Waals surface area contributed by atoms with Gasteiger partial charge in [-0.2, -0.15) is 8.78 Å². The lowest BCUT2D eigenvalue weighted by Crippen LogP contribution is -2.26. The first-order chi connectivity index (χ1) is 7.49. The first-order valence-corrected chi connectivity index (χ1v) is 5.30.